The number of hydrogen-bond acceptors (Lipinski definition) is 4. The standard InChI is InChI=1S/C14H20N2O3/c1-10-8-12-13(19-7-6-18-12)9-11(10)4-3-5-14(17)16(2)15/h8-9H,3-7,15H2,1-2H3. The van der Waals surface area contributed by atoms with E-state index in [1.807, 2.05) is 19.1 Å². The highest BCUT2D eigenvalue weighted by molar-refractivity contribution is 5.75. The number of nitrogens with two attached hydrogens (primary N) is 1. The third kappa shape index (κ3) is 3.38. The topological polar surface area (TPSA) is 64.8 Å². The minimum atomic E-state index is -0.0461. The molecule has 0 bridgehead atoms. The van der Waals surface area contributed by atoms with Gasteiger partial charge in [-0.3, -0.25) is 9.80 Å². The van der Waals surface area contributed by atoms with Crippen LogP contribution >= 0.6 is 0 Å². The number of rotatable bonds is 4. The number of carbonyl (C=O) groups is 1. The second-order valence-electron chi connectivity index (χ2n) is 4.78. The van der Waals surface area contributed by atoms with Crippen LogP contribution in [0.2, 0.25) is 0 Å². The molecule has 1 aromatic rings. The van der Waals surface area contributed by atoms with Crippen LogP contribution in [0.4, 0.5) is 0 Å². The molecule has 19 heavy (non-hydrogen) atoms. The maximum absolute atomic E-state index is 11.4. The largest absolute Gasteiger partial charge is 0.486 e. The van der Waals surface area contributed by atoms with E-state index in [1.165, 1.54) is 5.56 Å². The lowest BCUT2D eigenvalue weighted by atomic mass is 10.0. The summed E-state index contributed by atoms with van der Waals surface area (Å²) in [7, 11) is 1.57. The number of nitrogens with zero attached hydrogens (tertiary/aromatic N) is 1. The van der Waals surface area contributed by atoms with Gasteiger partial charge in [0.2, 0.25) is 5.91 Å². The molecule has 0 aliphatic carbocycles. The van der Waals surface area contributed by atoms with Crippen LogP contribution < -0.4 is 15.3 Å². The summed E-state index contributed by atoms with van der Waals surface area (Å²) in [6.07, 6.45) is 2.07. The summed E-state index contributed by atoms with van der Waals surface area (Å²) in [5.41, 5.74) is 2.36. The number of hydrazine groups is 1. The van der Waals surface area contributed by atoms with Gasteiger partial charge in [0, 0.05) is 13.5 Å². The summed E-state index contributed by atoms with van der Waals surface area (Å²) in [5.74, 6) is 6.95. The molecule has 104 valence electrons. The maximum atomic E-state index is 11.4. The molecule has 0 aromatic heterocycles. The van der Waals surface area contributed by atoms with Crippen molar-refractivity contribution in [2.24, 2.45) is 5.84 Å². The van der Waals surface area contributed by atoms with Crippen LogP contribution in [0.15, 0.2) is 12.1 Å². The number of amides is 1. The van der Waals surface area contributed by atoms with E-state index < -0.39 is 0 Å². The first-order valence-corrected chi connectivity index (χ1v) is 6.48. The molecule has 1 amide bonds. The summed E-state index contributed by atoms with van der Waals surface area (Å²) in [6, 6.07) is 4.02. The molecule has 2 rings (SSSR count). The lowest BCUT2D eigenvalue weighted by Gasteiger charge is -2.20. The Morgan fingerprint density at radius 1 is 1.32 bits per heavy atom. The molecular formula is C14H20N2O3. The van der Waals surface area contributed by atoms with Crippen LogP contribution in [0.1, 0.15) is 24.0 Å². The zero-order chi connectivity index (χ0) is 13.8. The molecule has 0 saturated carbocycles. The third-order valence-corrected chi connectivity index (χ3v) is 3.23. The molecule has 0 fully saturated rings. The lowest BCUT2D eigenvalue weighted by molar-refractivity contribution is -0.130. The van der Waals surface area contributed by atoms with E-state index in [0.717, 1.165) is 34.9 Å². The highest BCUT2D eigenvalue weighted by Gasteiger charge is 2.14. The summed E-state index contributed by atoms with van der Waals surface area (Å²) >= 11 is 0. The van der Waals surface area contributed by atoms with Crippen molar-refractivity contribution >= 4 is 5.91 Å². The van der Waals surface area contributed by atoms with E-state index in [2.05, 4.69) is 0 Å². The molecule has 0 spiro atoms. The smallest absolute Gasteiger partial charge is 0.236 e. The number of fused-ring (bicyclic) bond motifs is 1. The van der Waals surface area contributed by atoms with Crippen molar-refractivity contribution in [2.75, 3.05) is 20.3 Å². The van der Waals surface area contributed by atoms with E-state index in [0.29, 0.717) is 19.6 Å². The first-order valence-electron chi connectivity index (χ1n) is 6.48. The van der Waals surface area contributed by atoms with Gasteiger partial charge >= 0.3 is 0 Å². The average molecular weight is 264 g/mol. The fourth-order valence-electron chi connectivity index (χ4n) is 2.11. The van der Waals surface area contributed by atoms with Crippen molar-refractivity contribution < 1.29 is 14.3 Å². The summed E-state index contributed by atoms with van der Waals surface area (Å²) in [4.78, 5) is 11.4. The summed E-state index contributed by atoms with van der Waals surface area (Å²) < 4.78 is 11.1. The quantitative estimate of drug-likeness (QED) is 0.507. The zero-order valence-electron chi connectivity index (χ0n) is 11.4. The first kappa shape index (κ1) is 13.7. The molecule has 2 N–H and O–H groups in total. The van der Waals surface area contributed by atoms with Crippen LogP contribution in [0, 0.1) is 6.92 Å². The fraction of sp³-hybridized carbons (Fsp3) is 0.500. The highest BCUT2D eigenvalue weighted by Crippen LogP contribution is 2.33. The maximum Gasteiger partial charge on any atom is 0.236 e. The predicted molar refractivity (Wildman–Crippen MR) is 72.1 cm³/mol. The summed E-state index contributed by atoms with van der Waals surface area (Å²) in [5, 5.41) is 1.14. The second-order valence-corrected chi connectivity index (χ2v) is 4.78. The molecular weight excluding hydrogens is 244 g/mol. The van der Waals surface area contributed by atoms with E-state index in [9.17, 15) is 4.79 Å². The fourth-order valence-corrected chi connectivity index (χ4v) is 2.11. The van der Waals surface area contributed by atoms with Crippen LogP contribution in [0.5, 0.6) is 11.5 Å². The van der Waals surface area contributed by atoms with Gasteiger partial charge in [-0.2, -0.15) is 0 Å². The number of benzene rings is 1. The molecule has 0 atom stereocenters. The van der Waals surface area contributed by atoms with Gasteiger partial charge in [0.25, 0.3) is 0 Å². The minimum absolute atomic E-state index is 0.0461. The van der Waals surface area contributed by atoms with Gasteiger partial charge < -0.3 is 9.47 Å². The molecule has 1 aromatic carbocycles. The van der Waals surface area contributed by atoms with Crippen LogP contribution in [0.3, 0.4) is 0 Å². The van der Waals surface area contributed by atoms with Gasteiger partial charge in [0.15, 0.2) is 11.5 Å². The van der Waals surface area contributed by atoms with Crippen molar-refractivity contribution in [1.29, 1.82) is 0 Å². The van der Waals surface area contributed by atoms with Crippen molar-refractivity contribution in [3.8, 4) is 11.5 Å². The molecule has 0 saturated heterocycles. The SMILES string of the molecule is Cc1cc2c(cc1CCCC(=O)N(C)N)OCCO2. The van der Waals surface area contributed by atoms with Gasteiger partial charge in [0.1, 0.15) is 13.2 Å². The van der Waals surface area contributed by atoms with Gasteiger partial charge in [-0.1, -0.05) is 0 Å². The molecule has 1 heterocycles. The highest BCUT2D eigenvalue weighted by atomic mass is 16.6. The van der Waals surface area contributed by atoms with Gasteiger partial charge in [-0.05, 0) is 43.0 Å². The molecule has 0 unspecified atom stereocenters. The van der Waals surface area contributed by atoms with E-state index in [1.54, 1.807) is 7.05 Å². The minimum Gasteiger partial charge on any atom is -0.486 e. The lowest BCUT2D eigenvalue weighted by Crippen LogP contribution is -2.32. The number of ether oxygens (including phenoxy) is 2. The predicted octanol–water partition coefficient (Wildman–Crippen LogP) is 1.42. The Morgan fingerprint density at radius 2 is 1.95 bits per heavy atom. The van der Waals surface area contributed by atoms with E-state index in [-0.39, 0.29) is 5.91 Å². The average Bonchev–Trinajstić information content (AvgIpc) is 2.39. The molecule has 5 nitrogen and oxygen atoms in total. The molecule has 0 radical (unpaired) electrons. The summed E-state index contributed by atoms with van der Waals surface area (Å²) in [6.45, 7) is 3.24. The van der Waals surface area contributed by atoms with Crippen molar-refractivity contribution in [2.45, 2.75) is 26.2 Å². The number of hydrogen-bond donors (Lipinski definition) is 1. The van der Waals surface area contributed by atoms with Crippen LogP contribution in [-0.4, -0.2) is 31.2 Å². The van der Waals surface area contributed by atoms with Crippen LogP contribution in [0.25, 0.3) is 0 Å². The van der Waals surface area contributed by atoms with Crippen molar-refractivity contribution in [1.82, 2.24) is 5.01 Å². The Hall–Kier alpha value is -1.75. The molecule has 1 aliphatic rings. The Bertz CT molecular complexity index is 472. The van der Waals surface area contributed by atoms with Crippen LogP contribution in [-0.2, 0) is 11.2 Å². The molecule has 5 heteroatoms. The monoisotopic (exact) mass is 264 g/mol. The Morgan fingerprint density at radius 3 is 2.58 bits per heavy atom. The van der Waals surface area contributed by atoms with Gasteiger partial charge in [0.05, 0.1) is 0 Å². The van der Waals surface area contributed by atoms with E-state index in [4.69, 9.17) is 15.3 Å². The Balaban J connectivity index is 1.98. The van der Waals surface area contributed by atoms with Gasteiger partial charge in [-0.15, -0.1) is 0 Å². The Labute approximate surface area is 113 Å². The van der Waals surface area contributed by atoms with Gasteiger partial charge in [-0.25, -0.2) is 5.84 Å². The normalized spacial score (nSPS) is 13.2. The second kappa shape index (κ2) is 5.93. The number of carbonyl (C=O) groups excluding carboxylic acids is 1. The Kier molecular flexibility index (Phi) is 4.27. The zero-order valence-corrected chi connectivity index (χ0v) is 11.4. The van der Waals surface area contributed by atoms with Crippen molar-refractivity contribution in [3.63, 3.8) is 0 Å². The third-order valence-electron chi connectivity index (χ3n) is 3.23. The van der Waals surface area contributed by atoms with E-state index >= 15 is 0 Å². The number of aryl methyl sites for hydroxylation is 2. The first-order chi connectivity index (χ1) is 9.08. The molecule has 1 aliphatic heterocycles. The van der Waals surface area contributed by atoms with Crippen molar-refractivity contribution in [3.05, 3.63) is 23.3 Å².